The van der Waals surface area contributed by atoms with Gasteiger partial charge in [0.2, 0.25) is 5.91 Å². The molecule has 1 unspecified atom stereocenters. The zero-order valence-electron chi connectivity index (χ0n) is 11.4. The minimum absolute atomic E-state index is 0.112. The van der Waals surface area contributed by atoms with Gasteiger partial charge in [-0.15, -0.1) is 6.42 Å². The average Bonchev–Trinajstić information content (AvgIpc) is 2.92. The Labute approximate surface area is 132 Å². The van der Waals surface area contributed by atoms with E-state index in [0.717, 1.165) is 10.8 Å². The molecular formula is C15H14ClN3OS. The van der Waals surface area contributed by atoms with Crippen molar-refractivity contribution in [2.75, 3.05) is 6.54 Å². The molecule has 0 saturated heterocycles. The number of hydrogen-bond donors (Lipinski definition) is 1. The number of rotatable bonds is 5. The monoisotopic (exact) mass is 319 g/mol. The predicted molar refractivity (Wildman–Crippen MR) is 85.7 cm³/mol. The number of benzene rings is 1. The van der Waals surface area contributed by atoms with Gasteiger partial charge in [-0.1, -0.05) is 35.3 Å². The van der Waals surface area contributed by atoms with Crippen molar-refractivity contribution in [3.63, 3.8) is 0 Å². The minimum atomic E-state index is -0.293. The molecular weight excluding hydrogens is 306 g/mol. The molecule has 0 aliphatic rings. The number of thioether (sulfide) groups is 1. The summed E-state index contributed by atoms with van der Waals surface area (Å²) in [7, 11) is 0. The van der Waals surface area contributed by atoms with E-state index in [1.807, 2.05) is 42.0 Å². The van der Waals surface area contributed by atoms with Gasteiger partial charge in [-0.25, -0.2) is 4.98 Å². The number of halogens is 1. The molecule has 0 spiro atoms. The van der Waals surface area contributed by atoms with Gasteiger partial charge in [-0.05, 0) is 25.1 Å². The molecule has 0 aliphatic heterocycles. The Hall–Kier alpha value is -1.90. The second kappa shape index (κ2) is 7.21. The van der Waals surface area contributed by atoms with E-state index in [1.165, 1.54) is 11.8 Å². The van der Waals surface area contributed by atoms with E-state index in [2.05, 4.69) is 16.2 Å². The van der Waals surface area contributed by atoms with Crippen molar-refractivity contribution in [3.8, 4) is 18.0 Å². The lowest BCUT2D eigenvalue weighted by atomic mass is 10.3. The van der Waals surface area contributed by atoms with Crippen molar-refractivity contribution in [2.24, 2.45) is 0 Å². The van der Waals surface area contributed by atoms with Gasteiger partial charge in [-0.3, -0.25) is 9.36 Å². The highest BCUT2D eigenvalue weighted by Gasteiger charge is 2.17. The highest BCUT2D eigenvalue weighted by molar-refractivity contribution is 8.00. The Kier molecular flexibility index (Phi) is 5.32. The van der Waals surface area contributed by atoms with Gasteiger partial charge in [0.15, 0.2) is 5.16 Å². The predicted octanol–water partition coefficient (Wildman–Crippen LogP) is 2.76. The van der Waals surface area contributed by atoms with E-state index >= 15 is 0 Å². The fraction of sp³-hybridized carbons (Fsp3) is 0.200. The van der Waals surface area contributed by atoms with Crippen molar-refractivity contribution in [1.29, 1.82) is 0 Å². The Morgan fingerprint density at radius 1 is 1.62 bits per heavy atom. The Bertz CT molecular complexity index is 678. The molecule has 1 amide bonds. The third-order valence-electron chi connectivity index (χ3n) is 2.71. The van der Waals surface area contributed by atoms with E-state index in [1.54, 1.807) is 6.20 Å². The first kappa shape index (κ1) is 15.5. The molecule has 6 heteroatoms. The second-order valence-electron chi connectivity index (χ2n) is 4.24. The third-order valence-corrected chi connectivity index (χ3v) is 4.02. The molecule has 1 N–H and O–H groups in total. The van der Waals surface area contributed by atoms with Crippen molar-refractivity contribution in [1.82, 2.24) is 14.9 Å². The molecule has 2 aromatic rings. The number of carbonyl (C=O) groups excluding carboxylic acids is 1. The van der Waals surface area contributed by atoms with Gasteiger partial charge in [0.1, 0.15) is 0 Å². The van der Waals surface area contributed by atoms with Gasteiger partial charge in [0.25, 0.3) is 0 Å². The van der Waals surface area contributed by atoms with Crippen LogP contribution in [0.25, 0.3) is 5.69 Å². The van der Waals surface area contributed by atoms with Gasteiger partial charge in [0.05, 0.1) is 11.8 Å². The number of carbonyl (C=O) groups is 1. The van der Waals surface area contributed by atoms with E-state index < -0.39 is 0 Å². The second-order valence-corrected chi connectivity index (χ2v) is 5.99. The average molecular weight is 320 g/mol. The van der Waals surface area contributed by atoms with E-state index in [9.17, 15) is 4.79 Å². The lowest BCUT2D eigenvalue weighted by molar-refractivity contribution is -0.120. The molecule has 0 radical (unpaired) electrons. The fourth-order valence-electron chi connectivity index (χ4n) is 1.69. The molecule has 0 bridgehead atoms. The summed E-state index contributed by atoms with van der Waals surface area (Å²) in [6, 6.07) is 7.46. The number of aromatic nitrogens is 2. The molecule has 1 heterocycles. The molecule has 1 atom stereocenters. The van der Waals surface area contributed by atoms with Gasteiger partial charge >= 0.3 is 0 Å². The fourth-order valence-corrected chi connectivity index (χ4v) is 2.79. The van der Waals surface area contributed by atoms with Crippen molar-refractivity contribution in [2.45, 2.75) is 17.3 Å². The topological polar surface area (TPSA) is 46.9 Å². The molecule has 21 heavy (non-hydrogen) atoms. The lowest BCUT2D eigenvalue weighted by Gasteiger charge is -2.12. The third kappa shape index (κ3) is 4.03. The van der Waals surface area contributed by atoms with Crippen LogP contribution in [0.1, 0.15) is 6.92 Å². The summed E-state index contributed by atoms with van der Waals surface area (Å²) >= 11 is 7.37. The zero-order valence-corrected chi connectivity index (χ0v) is 13.0. The van der Waals surface area contributed by atoms with Crippen LogP contribution in [0.5, 0.6) is 0 Å². The molecule has 0 aliphatic carbocycles. The van der Waals surface area contributed by atoms with Crippen molar-refractivity contribution in [3.05, 3.63) is 41.7 Å². The number of nitrogens with one attached hydrogen (secondary N) is 1. The Balaban J connectivity index is 2.14. The quantitative estimate of drug-likeness (QED) is 0.681. The molecule has 1 aromatic carbocycles. The number of amides is 1. The van der Waals surface area contributed by atoms with Crippen molar-refractivity contribution >= 4 is 29.3 Å². The molecule has 108 valence electrons. The lowest BCUT2D eigenvalue weighted by Crippen LogP contribution is -2.31. The van der Waals surface area contributed by atoms with Crippen LogP contribution in [-0.4, -0.2) is 27.3 Å². The van der Waals surface area contributed by atoms with Gasteiger partial charge in [-0.2, -0.15) is 0 Å². The van der Waals surface area contributed by atoms with E-state index in [-0.39, 0.29) is 17.7 Å². The minimum Gasteiger partial charge on any atom is -0.344 e. The van der Waals surface area contributed by atoms with Gasteiger partial charge < -0.3 is 5.32 Å². The first-order valence-electron chi connectivity index (χ1n) is 6.29. The van der Waals surface area contributed by atoms with Crippen LogP contribution in [0.4, 0.5) is 0 Å². The summed E-state index contributed by atoms with van der Waals surface area (Å²) < 4.78 is 1.89. The van der Waals surface area contributed by atoms with Crippen LogP contribution in [0.15, 0.2) is 41.8 Å². The van der Waals surface area contributed by atoms with E-state index in [0.29, 0.717) is 5.02 Å². The molecule has 0 fully saturated rings. The van der Waals surface area contributed by atoms with Crippen molar-refractivity contribution < 1.29 is 4.79 Å². The van der Waals surface area contributed by atoms with E-state index in [4.69, 9.17) is 18.0 Å². The van der Waals surface area contributed by atoms with Crippen LogP contribution in [0, 0.1) is 12.3 Å². The summed E-state index contributed by atoms with van der Waals surface area (Å²) in [5.41, 5.74) is 0.902. The van der Waals surface area contributed by atoms with Crippen LogP contribution in [-0.2, 0) is 4.79 Å². The molecule has 2 rings (SSSR count). The highest BCUT2D eigenvalue weighted by atomic mass is 35.5. The maximum Gasteiger partial charge on any atom is 0.234 e. The molecule has 4 nitrogen and oxygen atoms in total. The molecule has 1 aromatic heterocycles. The standard InChI is InChI=1S/C15H14ClN3OS/c1-3-7-17-14(20)11(2)21-15-18-8-9-19(15)13-6-4-5-12(16)10-13/h1,4-6,8-11H,7H2,2H3,(H,17,20). The Morgan fingerprint density at radius 2 is 2.43 bits per heavy atom. The number of imidazole rings is 1. The SMILES string of the molecule is C#CCNC(=O)C(C)Sc1nccn1-c1cccc(Cl)c1. The maximum absolute atomic E-state index is 11.8. The number of hydrogen-bond acceptors (Lipinski definition) is 3. The summed E-state index contributed by atoms with van der Waals surface area (Å²) in [6.45, 7) is 2.04. The number of terminal acetylenes is 1. The van der Waals surface area contributed by atoms with Crippen LogP contribution >= 0.6 is 23.4 Å². The zero-order chi connectivity index (χ0) is 15.2. The highest BCUT2D eigenvalue weighted by Crippen LogP contribution is 2.25. The van der Waals surface area contributed by atoms with Crippen LogP contribution in [0.2, 0.25) is 5.02 Å². The van der Waals surface area contributed by atoms with Crippen LogP contribution in [0.3, 0.4) is 0 Å². The molecule has 0 saturated carbocycles. The Morgan fingerprint density at radius 3 is 3.14 bits per heavy atom. The smallest absolute Gasteiger partial charge is 0.234 e. The summed E-state index contributed by atoms with van der Waals surface area (Å²) in [4.78, 5) is 16.1. The first-order valence-corrected chi connectivity index (χ1v) is 7.54. The normalized spacial score (nSPS) is 11.7. The largest absolute Gasteiger partial charge is 0.344 e. The summed E-state index contributed by atoms with van der Waals surface area (Å²) in [5.74, 6) is 2.27. The summed E-state index contributed by atoms with van der Waals surface area (Å²) in [6.07, 6.45) is 8.65. The maximum atomic E-state index is 11.8. The van der Waals surface area contributed by atoms with Gasteiger partial charge in [0, 0.05) is 23.1 Å². The summed E-state index contributed by atoms with van der Waals surface area (Å²) in [5, 5.41) is 3.74. The first-order chi connectivity index (χ1) is 10.1. The number of nitrogens with zero attached hydrogens (tertiary/aromatic N) is 2. The van der Waals surface area contributed by atoms with Crippen LogP contribution < -0.4 is 5.32 Å².